The molecule has 0 radical (unpaired) electrons. The summed E-state index contributed by atoms with van der Waals surface area (Å²) in [6, 6.07) is 0. The van der Waals surface area contributed by atoms with Gasteiger partial charge in [0.25, 0.3) is 5.91 Å². The molecular weight excluding hydrogens is 323 g/mol. The molecular formula is C12H15Cl3N4O. The van der Waals surface area contributed by atoms with Crippen LogP contribution in [-0.2, 0) is 0 Å². The summed E-state index contributed by atoms with van der Waals surface area (Å²) >= 11 is 17.5. The van der Waals surface area contributed by atoms with E-state index in [0.717, 1.165) is 12.1 Å². The molecule has 0 aromatic carbocycles. The third-order valence-electron chi connectivity index (χ3n) is 2.95. The van der Waals surface area contributed by atoms with Crippen LogP contribution in [0, 0.1) is 5.92 Å². The third-order valence-corrected chi connectivity index (χ3v) is 4.08. The molecule has 20 heavy (non-hydrogen) atoms. The highest BCUT2D eigenvalue weighted by Crippen LogP contribution is 2.34. The summed E-state index contributed by atoms with van der Waals surface area (Å²) < 4.78 is 0. The first-order valence-corrected chi connectivity index (χ1v) is 7.07. The fourth-order valence-corrected chi connectivity index (χ4v) is 1.87. The molecule has 1 aromatic rings. The van der Waals surface area contributed by atoms with Crippen molar-refractivity contribution < 1.29 is 4.79 Å². The van der Waals surface area contributed by atoms with Gasteiger partial charge in [-0.15, -0.1) is 0 Å². The van der Waals surface area contributed by atoms with E-state index in [2.05, 4.69) is 15.5 Å². The summed E-state index contributed by atoms with van der Waals surface area (Å²) in [7, 11) is 0. The molecule has 1 aromatic heterocycles. The Balaban J connectivity index is 3.00. The highest BCUT2D eigenvalue weighted by molar-refractivity contribution is 6.46. The molecule has 0 fully saturated rings. The number of carbonyl (C=O) groups excluding carboxylic acids is 1. The molecule has 0 saturated heterocycles. The quantitative estimate of drug-likeness (QED) is 0.498. The SMILES string of the molecule is CC[C@H](C)/C(C)=N/NC(=O)c1nc(Cl)c(Cl)c(N)c1Cl. The van der Waals surface area contributed by atoms with E-state index in [9.17, 15) is 4.79 Å². The maximum absolute atomic E-state index is 12.0. The lowest BCUT2D eigenvalue weighted by molar-refractivity contribution is 0.0950. The second kappa shape index (κ2) is 7.11. The molecule has 0 spiro atoms. The summed E-state index contributed by atoms with van der Waals surface area (Å²) in [6.07, 6.45) is 0.921. The summed E-state index contributed by atoms with van der Waals surface area (Å²) in [5.74, 6) is -0.333. The number of nitrogen functional groups attached to an aromatic ring is 1. The van der Waals surface area contributed by atoms with Gasteiger partial charge in [0, 0.05) is 5.71 Å². The average Bonchev–Trinajstić information content (AvgIpc) is 2.44. The van der Waals surface area contributed by atoms with Crippen molar-refractivity contribution >= 4 is 52.1 Å². The molecule has 1 rings (SSSR count). The number of anilines is 1. The predicted molar refractivity (Wildman–Crippen MR) is 83.7 cm³/mol. The number of carbonyl (C=O) groups is 1. The van der Waals surface area contributed by atoms with Crippen molar-refractivity contribution in [2.24, 2.45) is 11.0 Å². The number of pyridine rings is 1. The lowest BCUT2D eigenvalue weighted by atomic mass is 10.1. The van der Waals surface area contributed by atoms with Crippen molar-refractivity contribution in [1.29, 1.82) is 0 Å². The molecule has 8 heteroatoms. The third kappa shape index (κ3) is 3.75. The Morgan fingerprint density at radius 3 is 2.55 bits per heavy atom. The number of aromatic nitrogens is 1. The number of halogens is 3. The minimum atomic E-state index is -0.595. The largest absolute Gasteiger partial charge is 0.396 e. The highest BCUT2D eigenvalue weighted by Gasteiger charge is 2.19. The lowest BCUT2D eigenvalue weighted by Gasteiger charge is -2.10. The van der Waals surface area contributed by atoms with Crippen molar-refractivity contribution in [3.05, 3.63) is 20.9 Å². The van der Waals surface area contributed by atoms with Gasteiger partial charge in [0.1, 0.15) is 5.02 Å². The van der Waals surface area contributed by atoms with Gasteiger partial charge in [-0.1, -0.05) is 48.7 Å². The van der Waals surface area contributed by atoms with Gasteiger partial charge in [0.2, 0.25) is 0 Å². The Morgan fingerprint density at radius 1 is 1.40 bits per heavy atom. The number of nitrogens with two attached hydrogens (primary N) is 1. The van der Waals surface area contributed by atoms with Crippen molar-refractivity contribution in [3.8, 4) is 0 Å². The maximum Gasteiger partial charge on any atom is 0.291 e. The van der Waals surface area contributed by atoms with Crippen LogP contribution in [0.1, 0.15) is 37.7 Å². The first kappa shape index (κ1) is 17.0. The van der Waals surface area contributed by atoms with Crippen molar-refractivity contribution in [1.82, 2.24) is 10.4 Å². The summed E-state index contributed by atoms with van der Waals surface area (Å²) in [6.45, 7) is 5.86. The van der Waals surface area contributed by atoms with E-state index in [4.69, 9.17) is 40.5 Å². The van der Waals surface area contributed by atoms with Crippen LogP contribution in [0.5, 0.6) is 0 Å². The van der Waals surface area contributed by atoms with Crippen molar-refractivity contribution in [3.63, 3.8) is 0 Å². The van der Waals surface area contributed by atoms with E-state index >= 15 is 0 Å². The van der Waals surface area contributed by atoms with Gasteiger partial charge in [-0.25, -0.2) is 10.4 Å². The van der Waals surface area contributed by atoms with E-state index < -0.39 is 5.91 Å². The van der Waals surface area contributed by atoms with Crippen LogP contribution >= 0.6 is 34.8 Å². The normalized spacial score (nSPS) is 13.2. The number of hydrazone groups is 1. The van der Waals surface area contributed by atoms with Gasteiger partial charge in [-0.05, 0) is 19.3 Å². The maximum atomic E-state index is 12.0. The molecule has 1 atom stereocenters. The zero-order valence-electron chi connectivity index (χ0n) is 11.3. The Kier molecular flexibility index (Phi) is 6.05. The molecule has 5 nitrogen and oxygen atoms in total. The first-order valence-electron chi connectivity index (χ1n) is 5.94. The van der Waals surface area contributed by atoms with E-state index in [1.54, 1.807) is 0 Å². The molecule has 0 aliphatic heterocycles. The molecule has 110 valence electrons. The second-order valence-electron chi connectivity index (χ2n) is 4.30. The number of nitrogens with zero attached hydrogens (tertiary/aromatic N) is 2. The number of amides is 1. The van der Waals surface area contributed by atoms with Gasteiger partial charge < -0.3 is 5.73 Å². The van der Waals surface area contributed by atoms with Crippen LogP contribution in [0.15, 0.2) is 5.10 Å². The zero-order chi connectivity index (χ0) is 15.4. The molecule has 0 aliphatic rings. The van der Waals surface area contributed by atoms with E-state index in [-0.39, 0.29) is 32.5 Å². The lowest BCUT2D eigenvalue weighted by Crippen LogP contribution is -2.22. The van der Waals surface area contributed by atoms with E-state index in [1.807, 2.05) is 20.8 Å². The smallest absolute Gasteiger partial charge is 0.291 e. The topological polar surface area (TPSA) is 80.4 Å². The van der Waals surface area contributed by atoms with Crippen molar-refractivity contribution in [2.75, 3.05) is 5.73 Å². The molecule has 0 bridgehead atoms. The summed E-state index contributed by atoms with van der Waals surface area (Å²) in [5.41, 5.74) is 8.72. The van der Waals surface area contributed by atoms with Crippen LogP contribution in [0.4, 0.5) is 5.69 Å². The van der Waals surface area contributed by atoms with Gasteiger partial charge in [0.05, 0.1) is 10.7 Å². The highest BCUT2D eigenvalue weighted by atomic mass is 35.5. The Bertz CT molecular complexity index is 560. The fraction of sp³-hybridized carbons (Fsp3) is 0.417. The second-order valence-corrected chi connectivity index (χ2v) is 5.41. The monoisotopic (exact) mass is 336 g/mol. The van der Waals surface area contributed by atoms with E-state index in [0.29, 0.717) is 0 Å². The van der Waals surface area contributed by atoms with Crippen LogP contribution in [-0.4, -0.2) is 16.6 Å². The molecule has 3 N–H and O–H groups in total. The van der Waals surface area contributed by atoms with Gasteiger partial charge >= 0.3 is 0 Å². The molecule has 1 amide bonds. The molecule has 1 heterocycles. The minimum Gasteiger partial charge on any atom is -0.396 e. The summed E-state index contributed by atoms with van der Waals surface area (Å²) in [4.78, 5) is 15.8. The molecule has 0 unspecified atom stereocenters. The number of rotatable bonds is 4. The molecule has 0 saturated carbocycles. The number of hydrogen-bond acceptors (Lipinski definition) is 4. The molecule has 0 aliphatic carbocycles. The Labute approximate surface area is 132 Å². The summed E-state index contributed by atoms with van der Waals surface area (Å²) in [5, 5.41) is 3.89. The van der Waals surface area contributed by atoms with Crippen molar-refractivity contribution in [2.45, 2.75) is 27.2 Å². The minimum absolute atomic E-state index is 0.0149. The standard InChI is InChI=1S/C12H15Cl3N4O/c1-4-5(2)6(3)18-19-12(20)10-7(13)9(16)8(14)11(15)17-10/h5H,4H2,1-3H3,(H2,16,17)(H,19,20)/b18-6+/t5-/m0/s1. The Morgan fingerprint density at radius 2 is 2.00 bits per heavy atom. The van der Waals surface area contributed by atoms with Gasteiger partial charge in [-0.2, -0.15) is 5.10 Å². The van der Waals surface area contributed by atoms with Gasteiger partial charge in [0.15, 0.2) is 10.8 Å². The average molecular weight is 338 g/mol. The van der Waals surface area contributed by atoms with Crippen LogP contribution in [0.2, 0.25) is 15.2 Å². The predicted octanol–water partition coefficient (Wildman–Crippen LogP) is 3.78. The van der Waals surface area contributed by atoms with E-state index in [1.165, 1.54) is 0 Å². The zero-order valence-corrected chi connectivity index (χ0v) is 13.6. The van der Waals surface area contributed by atoms with Gasteiger partial charge in [-0.3, -0.25) is 4.79 Å². The fourth-order valence-electron chi connectivity index (χ4n) is 1.28. The Hall–Kier alpha value is -1.04. The number of hydrogen-bond donors (Lipinski definition) is 2. The van der Waals surface area contributed by atoms with Crippen LogP contribution < -0.4 is 11.2 Å². The van der Waals surface area contributed by atoms with Crippen LogP contribution in [0.25, 0.3) is 0 Å². The van der Waals surface area contributed by atoms with Crippen LogP contribution in [0.3, 0.4) is 0 Å². The first-order chi connectivity index (χ1) is 9.29. The number of nitrogens with one attached hydrogen (secondary N) is 1.